The molecule has 100 valence electrons. The van der Waals surface area contributed by atoms with E-state index in [2.05, 4.69) is 55.7 Å². The third-order valence-electron chi connectivity index (χ3n) is 4.05. The van der Waals surface area contributed by atoms with E-state index < -0.39 is 0 Å². The van der Waals surface area contributed by atoms with Crippen LogP contribution in [0, 0.1) is 0 Å². The molecule has 0 spiro atoms. The molecule has 1 heterocycles. The number of anilines is 1. The van der Waals surface area contributed by atoms with E-state index in [9.17, 15) is 0 Å². The van der Waals surface area contributed by atoms with Gasteiger partial charge in [-0.25, -0.2) is 0 Å². The van der Waals surface area contributed by atoms with E-state index in [1.807, 2.05) is 6.07 Å². The van der Waals surface area contributed by atoms with Crippen molar-refractivity contribution < 1.29 is 0 Å². The molecule has 2 aromatic carbocycles. The number of nitrogens with zero attached hydrogens (tertiary/aromatic N) is 2. The molecular weight excluding hydrogens is 313 g/mol. The van der Waals surface area contributed by atoms with E-state index in [0.29, 0.717) is 12.0 Å². The molecule has 3 nitrogen and oxygen atoms in total. The topological polar surface area (TPSA) is 37.8 Å². The van der Waals surface area contributed by atoms with Crippen molar-refractivity contribution in [2.24, 2.45) is 0 Å². The van der Waals surface area contributed by atoms with Gasteiger partial charge in [-0.2, -0.15) is 0 Å². The zero-order chi connectivity index (χ0) is 13.4. The standard InChI is InChI=1S/C16H15N3Se/c1-2-5-11(6-3-1)12-9-13(10-12)17-14-7-4-8-15-16(14)19-20-18-15/h1-8,12-13,17H,9-10H2. The summed E-state index contributed by atoms with van der Waals surface area (Å²) in [7, 11) is 0. The number of hydrogen-bond acceptors (Lipinski definition) is 3. The summed E-state index contributed by atoms with van der Waals surface area (Å²) >= 11 is 0.0479. The Bertz CT molecular complexity index is 717. The van der Waals surface area contributed by atoms with Gasteiger partial charge in [0.05, 0.1) is 0 Å². The predicted octanol–water partition coefficient (Wildman–Crippen LogP) is 3.04. The van der Waals surface area contributed by atoms with Crippen LogP contribution in [0.15, 0.2) is 48.5 Å². The number of hydrogen-bond donors (Lipinski definition) is 1. The van der Waals surface area contributed by atoms with Crippen LogP contribution >= 0.6 is 0 Å². The van der Waals surface area contributed by atoms with Gasteiger partial charge < -0.3 is 0 Å². The van der Waals surface area contributed by atoms with Gasteiger partial charge in [0, 0.05) is 0 Å². The molecule has 0 saturated heterocycles. The van der Waals surface area contributed by atoms with Crippen LogP contribution < -0.4 is 5.32 Å². The summed E-state index contributed by atoms with van der Waals surface area (Å²) in [5.74, 6) is 0.705. The summed E-state index contributed by atoms with van der Waals surface area (Å²) in [4.78, 5) is 0. The van der Waals surface area contributed by atoms with Crippen molar-refractivity contribution in [2.75, 3.05) is 5.32 Å². The number of benzene rings is 2. The van der Waals surface area contributed by atoms with Gasteiger partial charge in [0.15, 0.2) is 0 Å². The molecule has 1 N–H and O–H groups in total. The Balaban J connectivity index is 1.46. The first kappa shape index (κ1) is 12.1. The zero-order valence-electron chi connectivity index (χ0n) is 11.0. The molecule has 0 aliphatic heterocycles. The summed E-state index contributed by atoms with van der Waals surface area (Å²) in [5, 5.41) is 3.63. The fourth-order valence-electron chi connectivity index (χ4n) is 2.88. The van der Waals surface area contributed by atoms with Gasteiger partial charge in [-0.1, -0.05) is 0 Å². The Kier molecular flexibility index (Phi) is 3.06. The van der Waals surface area contributed by atoms with Gasteiger partial charge >= 0.3 is 124 Å². The second-order valence-electron chi connectivity index (χ2n) is 5.36. The first-order chi connectivity index (χ1) is 9.90. The summed E-state index contributed by atoms with van der Waals surface area (Å²) in [6.07, 6.45) is 2.41. The van der Waals surface area contributed by atoms with Crippen molar-refractivity contribution in [3.63, 3.8) is 0 Å². The molecule has 0 atom stereocenters. The molecule has 1 aromatic heterocycles. The van der Waals surface area contributed by atoms with Crippen LogP contribution in [0.2, 0.25) is 0 Å². The molecule has 1 aliphatic rings. The molecule has 1 fully saturated rings. The Labute approximate surface area is 124 Å². The van der Waals surface area contributed by atoms with Gasteiger partial charge in [0.2, 0.25) is 0 Å². The molecule has 20 heavy (non-hydrogen) atoms. The van der Waals surface area contributed by atoms with Crippen LogP contribution in [0.1, 0.15) is 24.3 Å². The molecule has 0 radical (unpaired) electrons. The molecule has 1 aliphatic carbocycles. The SMILES string of the molecule is c1ccc(C2CC(Nc3cccc4n[se]nc34)C2)cc1. The number of fused-ring (bicyclic) bond motifs is 1. The number of aromatic nitrogens is 2. The zero-order valence-corrected chi connectivity index (χ0v) is 12.7. The van der Waals surface area contributed by atoms with Crippen LogP contribution in [-0.4, -0.2) is 29.0 Å². The molecule has 0 bridgehead atoms. The Hall–Kier alpha value is -1.64. The van der Waals surface area contributed by atoms with Crippen molar-refractivity contribution in [1.29, 1.82) is 0 Å². The third kappa shape index (κ3) is 2.15. The second-order valence-corrected chi connectivity index (χ2v) is 6.47. The number of rotatable bonds is 3. The van der Waals surface area contributed by atoms with Crippen molar-refractivity contribution >= 4 is 31.7 Å². The average Bonchev–Trinajstić information content (AvgIpc) is 2.92. The monoisotopic (exact) mass is 329 g/mol. The van der Waals surface area contributed by atoms with Crippen molar-refractivity contribution in [2.45, 2.75) is 24.8 Å². The molecule has 0 amide bonds. The minimum absolute atomic E-state index is 0.0479. The van der Waals surface area contributed by atoms with E-state index in [1.165, 1.54) is 18.4 Å². The maximum atomic E-state index is 4.52. The summed E-state index contributed by atoms with van der Waals surface area (Å²) in [6, 6.07) is 17.6. The molecule has 3 aromatic rings. The quantitative estimate of drug-likeness (QED) is 0.751. The second kappa shape index (κ2) is 5.04. The van der Waals surface area contributed by atoms with Crippen molar-refractivity contribution in [1.82, 2.24) is 7.96 Å². The van der Waals surface area contributed by atoms with Crippen molar-refractivity contribution in [3.05, 3.63) is 54.1 Å². The molecule has 4 rings (SSSR count). The predicted molar refractivity (Wildman–Crippen MR) is 82.3 cm³/mol. The average molecular weight is 328 g/mol. The van der Waals surface area contributed by atoms with Crippen LogP contribution in [-0.2, 0) is 0 Å². The normalized spacial score (nSPS) is 21.6. The molecule has 4 heteroatoms. The molecule has 1 saturated carbocycles. The first-order valence-corrected chi connectivity index (χ1v) is 8.46. The fourth-order valence-corrected chi connectivity index (χ4v) is 4.03. The minimum atomic E-state index is 0.0479. The van der Waals surface area contributed by atoms with E-state index in [0.717, 1.165) is 16.7 Å². The van der Waals surface area contributed by atoms with Crippen molar-refractivity contribution in [3.8, 4) is 0 Å². The fraction of sp³-hybridized carbons (Fsp3) is 0.250. The van der Waals surface area contributed by atoms with Crippen LogP contribution in [0.3, 0.4) is 0 Å². The van der Waals surface area contributed by atoms with Crippen LogP contribution in [0.5, 0.6) is 0 Å². The van der Waals surface area contributed by atoms with Gasteiger partial charge in [0.25, 0.3) is 0 Å². The molecule has 0 unspecified atom stereocenters. The molecular formula is C16H15N3Se. The first-order valence-electron chi connectivity index (χ1n) is 6.93. The van der Waals surface area contributed by atoms with E-state index >= 15 is 0 Å². The van der Waals surface area contributed by atoms with Gasteiger partial charge in [-0.3, -0.25) is 0 Å². The summed E-state index contributed by atoms with van der Waals surface area (Å²) in [6.45, 7) is 0. The maximum absolute atomic E-state index is 4.52. The Morgan fingerprint density at radius 1 is 0.950 bits per heavy atom. The summed E-state index contributed by atoms with van der Waals surface area (Å²) in [5.41, 5.74) is 4.73. The van der Waals surface area contributed by atoms with Gasteiger partial charge in [-0.05, 0) is 0 Å². The van der Waals surface area contributed by atoms with Gasteiger partial charge in [0.1, 0.15) is 0 Å². The number of nitrogens with one attached hydrogen (secondary N) is 1. The van der Waals surface area contributed by atoms with Crippen LogP contribution in [0.25, 0.3) is 11.0 Å². The Morgan fingerprint density at radius 3 is 2.65 bits per heavy atom. The third-order valence-corrected chi connectivity index (χ3v) is 5.19. The van der Waals surface area contributed by atoms with Gasteiger partial charge in [-0.15, -0.1) is 0 Å². The van der Waals surface area contributed by atoms with Crippen LogP contribution in [0.4, 0.5) is 5.69 Å². The summed E-state index contributed by atoms with van der Waals surface area (Å²) < 4.78 is 8.95. The van der Waals surface area contributed by atoms with E-state index in [1.54, 1.807) is 0 Å². The Morgan fingerprint density at radius 2 is 1.80 bits per heavy atom. The van der Waals surface area contributed by atoms with E-state index in [-0.39, 0.29) is 15.0 Å². The van der Waals surface area contributed by atoms with E-state index in [4.69, 9.17) is 0 Å².